The van der Waals surface area contributed by atoms with Gasteiger partial charge in [-0.2, -0.15) is 0 Å². The average molecular weight is 284 g/mol. The minimum absolute atomic E-state index is 0.233. The zero-order valence-corrected chi connectivity index (χ0v) is 9.25. The Balaban J connectivity index is 2.16. The normalized spacial score (nSPS) is 9.85. The van der Waals surface area contributed by atoms with Crippen LogP contribution in [-0.2, 0) is 0 Å². The second kappa shape index (κ2) is 4.36. The molecular formula is C10H8N2Te. The van der Waals surface area contributed by atoms with Crippen molar-refractivity contribution in [3.8, 4) is 0 Å². The molecule has 0 N–H and O–H groups in total. The molecule has 0 amide bonds. The summed E-state index contributed by atoms with van der Waals surface area (Å²) in [5.41, 5.74) is 0. The SMILES string of the molecule is c1cc([Te]c2ccncc2)ccn1. The molecule has 0 aliphatic heterocycles. The fraction of sp³-hybridized carbons (Fsp3) is 0. The van der Waals surface area contributed by atoms with Gasteiger partial charge < -0.3 is 0 Å². The van der Waals surface area contributed by atoms with Gasteiger partial charge in [-0.25, -0.2) is 0 Å². The van der Waals surface area contributed by atoms with E-state index in [1.54, 1.807) is 0 Å². The van der Waals surface area contributed by atoms with Gasteiger partial charge in [0.2, 0.25) is 0 Å². The maximum absolute atomic E-state index is 4.00. The van der Waals surface area contributed by atoms with Crippen molar-refractivity contribution >= 4 is 28.1 Å². The van der Waals surface area contributed by atoms with E-state index in [4.69, 9.17) is 0 Å². The van der Waals surface area contributed by atoms with Crippen molar-refractivity contribution in [1.82, 2.24) is 9.97 Å². The van der Waals surface area contributed by atoms with Gasteiger partial charge >= 0.3 is 87.2 Å². The van der Waals surface area contributed by atoms with Crippen LogP contribution in [0.4, 0.5) is 0 Å². The molecule has 2 rings (SSSR count). The van der Waals surface area contributed by atoms with Crippen LogP contribution in [0.5, 0.6) is 0 Å². The van der Waals surface area contributed by atoms with Crippen LogP contribution in [0.2, 0.25) is 0 Å². The maximum atomic E-state index is 4.00. The van der Waals surface area contributed by atoms with Gasteiger partial charge in [0, 0.05) is 0 Å². The van der Waals surface area contributed by atoms with Gasteiger partial charge in [-0.1, -0.05) is 0 Å². The summed E-state index contributed by atoms with van der Waals surface area (Å²) in [5, 5.41) is 0. The van der Waals surface area contributed by atoms with E-state index < -0.39 is 0 Å². The van der Waals surface area contributed by atoms with E-state index in [9.17, 15) is 0 Å². The van der Waals surface area contributed by atoms with Crippen molar-refractivity contribution in [3.05, 3.63) is 49.1 Å². The van der Waals surface area contributed by atoms with Gasteiger partial charge in [0.1, 0.15) is 0 Å². The van der Waals surface area contributed by atoms with E-state index >= 15 is 0 Å². The number of pyridine rings is 2. The molecule has 0 radical (unpaired) electrons. The first-order valence-corrected chi connectivity index (χ1v) is 6.26. The fourth-order valence-corrected chi connectivity index (χ4v) is 3.20. The molecule has 3 heteroatoms. The summed E-state index contributed by atoms with van der Waals surface area (Å²) in [5.74, 6) is 0. The Kier molecular flexibility index (Phi) is 2.91. The third-order valence-electron chi connectivity index (χ3n) is 1.54. The number of hydrogen-bond donors (Lipinski definition) is 0. The Morgan fingerprint density at radius 1 is 0.692 bits per heavy atom. The fourth-order valence-electron chi connectivity index (χ4n) is 0.949. The van der Waals surface area contributed by atoms with Crippen molar-refractivity contribution in [2.24, 2.45) is 0 Å². The number of rotatable bonds is 2. The van der Waals surface area contributed by atoms with Gasteiger partial charge in [0.15, 0.2) is 0 Å². The molecule has 0 atom stereocenters. The molecule has 2 aromatic heterocycles. The molecule has 0 fully saturated rings. The molecule has 0 aliphatic carbocycles. The summed E-state index contributed by atoms with van der Waals surface area (Å²) >= 11 is -0.233. The van der Waals surface area contributed by atoms with Gasteiger partial charge in [0.05, 0.1) is 0 Å². The summed E-state index contributed by atoms with van der Waals surface area (Å²) in [4.78, 5) is 7.99. The molecule has 0 spiro atoms. The van der Waals surface area contributed by atoms with E-state index in [0.29, 0.717) is 0 Å². The van der Waals surface area contributed by atoms with E-state index in [-0.39, 0.29) is 20.9 Å². The van der Waals surface area contributed by atoms with Crippen LogP contribution in [0.1, 0.15) is 0 Å². The summed E-state index contributed by atoms with van der Waals surface area (Å²) in [6.07, 6.45) is 7.39. The van der Waals surface area contributed by atoms with Crippen LogP contribution in [0.15, 0.2) is 49.1 Å². The second-order valence-electron chi connectivity index (χ2n) is 2.47. The zero-order valence-electron chi connectivity index (χ0n) is 6.92. The molecule has 64 valence electrons. The molecule has 0 unspecified atom stereocenters. The van der Waals surface area contributed by atoms with Gasteiger partial charge in [0.25, 0.3) is 0 Å². The van der Waals surface area contributed by atoms with Crippen molar-refractivity contribution < 1.29 is 0 Å². The molecule has 0 saturated heterocycles. The van der Waals surface area contributed by atoms with E-state index in [0.717, 1.165) is 0 Å². The number of aromatic nitrogens is 2. The molecule has 0 aliphatic rings. The first kappa shape index (κ1) is 8.68. The third-order valence-corrected chi connectivity index (χ3v) is 4.43. The Hall–Kier alpha value is -0.910. The van der Waals surface area contributed by atoms with Crippen molar-refractivity contribution in [2.75, 3.05) is 0 Å². The molecule has 0 bridgehead atoms. The predicted octanol–water partition coefficient (Wildman–Crippen LogP) is 0.132. The summed E-state index contributed by atoms with van der Waals surface area (Å²) in [6.45, 7) is 0. The number of nitrogens with zero attached hydrogens (tertiary/aromatic N) is 2. The second-order valence-corrected chi connectivity index (χ2v) is 5.74. The van der Waals surface area contributed by atoms with Crippen molar-refractivity contribution in [3.63, 3.8) is 0 Å². The molecule has 2 aromatic rings. The molecule has 13 heavy (non-hydrogen) atoms. The minimum atomic E-state index is -0.233. The number of hydrogen-bond acceptors (Lipinski definition) is 2. The van der Waals surface area contributed by atoms with Crippen LogP contribution < -0.4 is 7.22 Å². The van der Waals surface area contributed by atoms with E-state index in [1.807, 2.05) is 24.8 Å². The quantitative estimate of drug-likeness (QED) is 0.733. The molecule has 2 nitrogen and oxygen atoms in total. The summed E-state index contributed by atoms with van der Waals surface area (Å²) < 4.78 is 2.82. The molecule has 2 heterocycles. The van der Waals surface area contributed by atoms with E-state index in [1.165, 1.54) is 7.22 Å². The third kappa shape index (κ3) is 2.51. The van der Waals surface area contributed by atoms with Gasteiger partial charge in [-0.3, -0.25) is 0 Å². The standard InChI is InChI=1S/C10H8N2Te/c1-5-11-6-2-9(1)13-10-3-7-12-8-4-10/h1-8H. The van der Waals surface area contributed by atoms with Crippen LogP contribution >= 0.6 is 0 Å². The predicted molar refractivity (Wildman–Crippen MR) is 53.5 cm³/mol. The Bertz CT molecular complexity index is 324. The van der Waals surface area contributed by atoms with Gasteiger partial charge in [-0.15, -0.1) is 0 Å². The monoisotopic (exact) mass is 286 g/mol. The molecule has 0 saturated carbocycles. The van der Waals surface area contributed by atoms with Crippen molar-refractivity contribution in [2.45, 2.75) is 0 Å². The topological polar surface area (TPSA) is 25.8 Å². The van der Waals surface area contributed by atoms with Gasteiger partial charge in [-0.05, 0) is 0 Å². The first-order chi connectivity index (χ1) is 6.45. The Morgan fingerprint density at radius 3 is 1.46 bits per heavy atom. The summed E-state index contributed by atoms with van der Waals surface area (Å²) in [7, 11) is 0. The van der Waals surface area contributed by atoms with E-state index in [2.05, 4.69) is 34.2 Å². The van der Waals surface area contributed by atoms with Crippen LogP contribution in [0.25, 0.3) is 0 Å². The average Bonchev–Trinajstić information content (AvgIpc) is 2.21. The Morgan fingerprint density at radius 2 is 1.08 bits per heavy atom. The van der Waals surface area contributed by atoms with Crippen LogP contribution in [0, 0.1) is 0 Å². The molecular weight excluding hydrogens is 276 g/mol. The summed E-state index contributed by atoms with van der Waals surface area (Å²) in [6, 6.07) is 8.34. The van der Waals surface area contributed by atoms with Crippen LogP contribution in [-0.4, -0.2) is 30.9 Å². The Labute approximate surface area is 87.1 Å². The van der Waals surface area contributed by atoms with Crippen LogP contribution in [0.3, 0.4) is 0 Å². The zero-order chi connectivity index (χ0) is 8.93. The molecule has 0 aromatic carbocycles. The van der Waals surface area contributed by atoms with Crippen molar-refractivity contribution in [1.29, 1.82) is 0 Å². The first-order valence-electron chi connectivity index (χ1n) is 3.93.